The van der Waals surface area contributed by atoms with Gasteiger partial charge < -0.3 is 14.6 Å². The Morgan fingerprint density at radius 2 is 1.90 bits per heavy atom. The van der Waals surface area contributed by atoms with Crippen LogP contribution in [0.4, 0.5) is 5.88 Å². The van der Waals surface area contributed by atoms with Crippen LogP contribution in [0.3, 0.4) is 0 Å². The Kier molecular flexibility index (Phi) is 5.14. The summed E-state index contributed by atoms with van der Waals surface area (Å²) in [5.41, 5.74) is 0.535. The van der Waals surface area contributed by atoms with Gasteiger partial charge in [0, 0.05) is 22.3 Å². The Morgan fingerprint density at radius 1 is 1.24 bits per heavy atom. The van der Waals surface area contributed by atoms with Crippen LogP contribution < -0.4 is 5.32 Å². The van der Waals surface area contributed by atoms with Crippen molar-refractivity contribution >= 4 is 39.3 Å². The molecule has 0 unspecified atom stereocenters. The fraction of sp³-hybridized carbons (Fsp3) is 0.214. The van der Waals surface area contributed by atoms with E-state index in [4.69, 9.17) is 16.0 Å². The number of furan rings is 1. The normalized spacial score (nSPS) is 10.6. The van der Waals surface area contributed by atoms with E-state index < -0.39 is 11.5 Å². The van der Waals surface area contributed by atoms with Crippen LogP contribution in [-0.2, 0) is 4.79 Å². The third kappa shape index (κ3) is 3.71. The molecule has 1 heterocycles. The maximum Gasteiger partial charge on any atom is 0.246 e. The van der Waals surface area contributed by atoms with Crippen molar-refractivity contribution in [3.05, 3.63) is 29.3 Å². The van der Waals surface area contributed by atoms with Gasteiger partial charge in [-0.3, -0.25) is 10.1 Å². The minimum absolute atomic E-state index is 0.0694. The Labute approximate surface area is 134 Å². The van der Waals surface area contributed by atoms with Crippen molar-refractivity contribution in [2.45, 2.75) is 12.8 Å². The van der Waals surface area contributed by atoms with Gasteiger partial charge in [-0.05, 0) is 30.7 Å². The van der Waals surface area contributed by atoms with Gasteiger partial charge in [-0.25, -0.2) is 0 Å². The van der Waals surface area contributed by atoms with Crippen LogP contribution in [0.5, 0.6) is 11.5 Å². The lowest BCUT2D eigenvalue weighted by Crippen LogP contribution is -2.10. The van der Waals surface area contributed by atoms with E-state index in [9.17, 15) is 15.0 Å². The number of halogens is 2. The largest absolute Gasteiger partial charge is 0.502 e. The van der Waals surface area contributed by atoms with Gasteiger partial charge >= 0.3 is 0 Å². The third-order valence-electron chi connectivity index (χ3n) is 2.76. The van der Waals surface area contributed by atoms with Crippen molar-refractivity contribution in [2.75, 3.05) is 10.6 Å². The predicted molar refractivity (Wildman–Crippen MR) is 84.1 cm³/mol. The van der Waals surface area contributed by atoms with Gasteiger partial charge in [0.25, 0.3) is 0 Å². The van der Waals surface area contributed by atoms with Crippen LogP contribution in [0.1, 0.15) is 12.8 Å². The van der Waals surface area contributed by atoms with Gasteiger partial charge in [0.15, 0.2) is 5.76 Å². The SMILES string of the molecule is O=C(CCCBr)Nc1oc(-c2ccc(Cl)cc2)c(O)c1O. The van der Waals surface area contributed by atoms with Crippen LogP contribution in [-0.4, -0.2) is 21.5 Å². The second-order valence-corrected chi connectivity index (χ2v) is 5.53. The lowest BCUT2D eigenvalue weighted by Gasteiger charge is -2.01. The molecular weight excluding hydrogens is 362 g/mol. The van der Waals surface area contributed by atoms with Crippen molar-refractivity contribution in [3.8, 4) is 22.8 Å². The monoisotopic (exact) mass is 373 g/mol. The highest BCUT2D eigenvalue weighted by Gasteiger charge is 2.21. The average molecular weight is 375 g/mol. The first-order valence-electron chi connectivity index (χ1n) is 6.19. The first-order chi connectivity index (χ1) is 10.0. The van der Waals surface area contributed by atoms with Gasteiger partial charge in [-0.15, -0.1) is 0 Å². The number of anilines is 1. The molecule has 0 radical (unpaired) electrons. The van der Waals surface area contributed by atoms with Gasteiger partial charge in [0.2, 0.25) is 23.3 Å². The molecule has 1 amide bonds. The lowest BCUT2D eigenvalue weighted by atomic mass is 10.1. The van der Waals surface area contributed by atoms with Crippen LogP contribution >= 0.6 is 27.5 Å². The van der Waals surface area contributed by atoms with E-state index >= 15 is 0 Å². The van der Waals surface area contributed by atoms with E-state index in [-0.39, 0.29) is 24.0 Å². The highest BCUT2D eigenvalue weighted by atomic mass is 79.9. The van der Waals surface area contributed by atoms with Crippen molar-refractivity contribution in [1.82, 2.24) is 0 Å². The molecule has 0 atom stereocenters. The number of benzene rings is 1. The van der Waals surface area contributed by atoms with Crippen molar-refractivity contribution in [2.24, 2.45) is 0 Å². The molecule has 3 N–H and O–H groups in total. The summed E-state index contributed by atoms with van der Waals surface area (Å²) in [4.78, 5) is 11.6. The lowest BCUT2D eigenvalue weighted by molar-refractivity contribution is -0.116. The Bertz CT molecular complexity index is 639. The number of aromatic hydroxyl groups is 2. The van der Waals surface area contributed by atoms with E-state index in [1.165, 1.54) is 0 Å². The van der Waals surface area contributed by atoms with Gasteiger partial charge in [-0.1, -0.05) is 27.5 Å². The first kappa shape index (κ1) is 15.7. The van der Waals surface area contributed by atoms with Crippen molar-refractivity contribution in [1.29, 1.82) is 0 Å². The zero-order valence-corrected chi connectivity index (χ0v) is 13.2. The van der Waals surface area contributed by atoms with E-state index in [0.717, 1.165) is 0 Å². The predicted octanol–water partition coefficient (Wildman–Crippen LogP) is 4.12. The van der Waals surface area contributed by atoms with E-state index in [1.807, 2.05) is 0 Å². The summed E-state index contributed by atoms with van der Waals surface area (Å²) in [5.74, 6) is -1.32. The second kappa shape index (κ2) is 6.87. The molecule has 1 aromatic carbocycles. The number of amides is 1. The van der Waals surface area contributed by atoms with Crippen LogP contribution in [0.15, 0.2) is 28.7 Å². The Hall–Kier alpha value is -1.66. The van der Waals surface area contributed by atoms with Crippen LogP contribution in [0.25, 0.3) is 11.3 Å². The molecule has 1 aromatic heterocycles. The summed E-state index contributed by atoms with van der Waals surface area (Å²) in [5, 5.41) is 23.4. The van der Waals surface area contributed by atoms with E-state index in [2.05, 4.69) is 21.2 Å². The molecule has 2 rings (SSSR count). The molecule has 0 aliphatic heterocycles. The highest BCUT2D eigenvalue weighted by molar-refractivity contribution is 9.09. The zero-order valence-electron chi connectivity index (χ0n) is 10.9. The molecule has 2 aromatic rings. The molecule has 0 aliphatic carbocycles. The summed E-state index contributed by atoms with van der Waals surface area (Å²) in [6.45, 7) is 0. The molecule has 5 nitrogen and oxygen atoms in total. The smallest absolute Gasteiger partial charge is 0.246 e. The maximum absolute atomic E-state index is 11.6. The zero-order chi connectivity index (χ0) is 15.4. The third-order valence-corrected chi connectivity index (χ3v) is 3.57. The minimum Gasteiger partial charge on any atom is -0.502 e. The molecule has 21 heavy (non-hydrogen) atoms. The highest BCUT2D eigenvalue weighted by Crippen LogP contribution is 2.45. The average Bonchev–Trinajstić information content (AvgIpc) is 2.74. The molecular formula is C14H13BrClNO4. The minimum atomic E-state index is -0.493. The molecule has 0 aliphatic rings. The number of nitrogens with one attached hydrogen (secondary N) is 1. The summed E-state index contributed by atoms with van der Waals surface area (Å²) < 4.78 is 5.34. The molecule has 0 bridgehead atoms. The van der Waals surface area contributed by atoms with Crippen molar-refractivity contribution in [3.63, 3.8) is 0 Å². The number of rotatable bonds is 5. The maximum atomic E-state index is 11.6. The van der Waals surface area contributed by atoms with Crippen LogP contribution in [0.2, 0.25) is 5.02 Å². The Balaban J connectivity index is 2.24. The fourth-order valence-electron chi connectivity index (χ4n) is 1.71. The van der Waals surface area contributed by atoms with Gasteiger partial charge in [0.1, 0.15) is 0 Å². The number of alkyl halides is 1. The number of carbonyl (C=O) groups excluding carboxylic acids is 1. The fourth-order valence-corrected chi connectivity index (χ4v) is 2.12. The van der Waals surface area contributed by atoms with Crippen molar-refractivity contribution < 1.29 is 19.4 Å². The quantitative estimate of drug-likeness (QED) is 0.687. The molecule has 0 spiro atoms. The van der Waals surface area contributed by atoms with Gasteiger partial charge in [-0.2, -0.15) is 0 Å². The standard InChI is InChI=1S/C14H13BrClNO4/c15-7-1-2-10(18)17-14-12(20)11(19)13(21-14)8-3-5-9(16)6-4-8/h3-6,19-20H,1-2,7H2,(H,17,18). The molecule has 0 saturated carbocycles. The molecule has 7 heteroatoms. The summed E-state index contributed by atoms with van der Waals surface area (Å²) in [7, 11) is 0. The van der Waals surface area contributed by atoms with Crippen LogP contribution in [0, 0.1) is 0 Å². The van der Waals surface area contributed by atoms with E-state index in [1.54, 1.807) is 24.3 Å². The summed E-state index contributed by atoms with van der Waals surface area (Å²) >= 11 is 9.02. The number of hydrogen-bond donors (Lipinski definition) is 3. The summed E-state index contributed by atoms with van der Waals surface area (Å²) in [6, 6.07) is 6.53. The number of carbonyl (C=O) groups is 1. The number of hydrogen-bond acceptors (Lipinski definition) is 4. The molecule has 0 saturated heterocycles. The first-order valence-corrected chi connectivity index (χ1v) is 7.69. The topological polar surface area (TPSA) is 82.7 Å². The Morgan fingerprint density at radius 3 is 2.52 bits per heavy atom. The summed E-state index contributed by atoms with van der Waals surface area (Å²) in [6.07, 6.45) is 0.936. The van der Waals surface area contributed by atoms with E-state index in [0.29, 0.717) is 22.3 Å². The second-order valence-electron chi connectivity index (χ2n) is 4.31. The molecule has 0 fully saturated rings. The molecule has 112 valence electrons. The van der Waals surface area contributed by atoms with Gasteiger partial charge in [0.05, 0.1) is 0 Å².